The molecule has 0 aliphatic rings. The van der Waals surface area contributed by atoms with Crippen LogP contribution in [-0.4, -0.2) is 22.0 Å². The number of amidine groups is 1. The summed E-state index contributed by atoms with van der Waals surface area (Å²) in [4.78, 5) is 32.2. The number of nitrogens with zero attached hydrogens (tertiary/aromatic N) is 2. The number of hydrogen-bond acceptors (Lipinski definition) is 5. The van der Waals surface area contributed by atoms with Gasteiger partial charge in [0.25, 0.3) is 5.56 Å². The molecule has 164 valence electrons. The molecule has 0 unspecified atom stereocenters. The molecule has 4 rings (SSSR count). The Balaban J connectivity index is 1.54. The van der Waals surface area contributed by atoms with E-state index in [2.05, 4.69) is 9.98 Å². The van der Waals surface area contributed by atoms with Gasteiger partial charge < -0.3 is 10.5 Å². The lowest BCUT2D eigenvalue weighted by atomic mass is 10.2. The van der Waals surface area contributed by atoms with Crippen molar-refractivity contribution in [3.8, 4) is 5.75 Å². The fraction of sp³-hybridized carbons (Fsp3) is 0.136. The first-order valence-electron chi connectivity index (χ1n) is 9.60. The van der Waals surface area contributed by atoms with Crippen LogP contribution >= 0.6 is 34.5 Å². The maximum absolute atomic E-state index is 12.4. The molecule has 0 aliphatic carbocycles. The number of ether oxygens (including phenoxy) is 1. The van der Waals surface area contributed by atoms with Crippen LogP contribution in [0.2, 0.25) is 10.0 Å². The summed E-state index contributed by atoms with van der Waals surface area (Å²) in [5.74, 6) is 1.10. The molecule has 3 N–H and O–H groups in total. The summed E-state index contributed by atoms with van der Waals surface area (Å²) >= 11 is 13.8. The number of nitrogens with one attached hydrogen (secondary N) is 1. The van der Waals surface area contributed by atoms with Gasteiger partial charge in [-0.15, -0.1) is 11.3 Å². The van der Waals surface area contributed by atoms with Crippen LogP contribution in [-0.2, 0) is 13.1 Å². The third-order valence-electron chi connectivity index (χ3n) is 4.76. The molecule has 0 fully saturated rings. The van der Waals surface area contributed by atoms with Crippen molar-refractivity contribution in [3.05, 3.63) is 95.2 Å². The molecule has 0 radical (unpaired) electrons. The lowest BCUT2D eigenvalue weighted by Crippen LogP contribution is -2.32. The number of fused-ring (bicyclic) bond motifs is 1. The molecule has 0 aliphatic heterocycles. The highest BCUT2D eigenvalue weighted by molar-refractivity contribution is 7.12. The van der Waals surface area contributed by atoms with Crippen LogP contribution in [0.1, 0.15) is 10.4 Å². The molecule has 0 saturated carbocycles. The van der Waals surface area contributed by atoms with Gasteiger partial charge in [0.15, 0.2) is 0 Å². The van der Waals surface area contributed by atoms with E-state index in [4.69, 9.17) is 33.7 Å². The SMILES string of the molecule is NC(=NCc1ccccc1OCCn1c(=O)[nH]c(=O)c2c(Cl)cc(Cl)cc21)c1cccs1. The highest BCUT2D eigenvalue weighted by Crippen LogP contribution is 2.25. The Kier molecular flexibility index (Phi) is 6.64. The average Bonchev–Trinajstić information content (AvgIpc) is 3.29. The topological polar surface area (TPSA) is 102 Å². The predicted octanol–water partition coefficient (Wildman–Crippen LogP) is 4.04. The second-order valence-corrected chi connectivity index (χ2v) is 8.62. The predicted molar refractivity (Wildman–Crippen MR) is 130 cm³/mol. The molecule has 0 atom stereocenters. The molecular weight excluding hydrogens is 471 g/mol. The van der Waals surface area contributed by atoms with E-state index < -0.39 is 11.2 Å². The largest absolute Gasteiger partial charge is 0.491 e. The van der Waals surface area contributed by atoms with Crippen molar-refractivity contribution in [2.45, 2.75) is 13.1 Å². The van der Waals surface area contributed by atoms with Crippen LogP contribution in [0.4, 0.5) is 0 Å². The Morgan fingerprint density at radius 1 is 1.16 bits per heavy atom. The molecular formula is C22H18Cl2N4O3S. The van der Waals surface area contributed by atoms with Gasteiger partial charge in [-0.1, -0.05) is 47.5 Å². The second-order valence-electron chi connectivity index (χ2n) is 6.83. The van der Waals surface area contributed by atoms with E-state index in [0.717, 1.165) is 10.4 Å². The van der Waals surface area contributed by atoms with Gasteiger partial charge in [0.2, 0.25) is 0 Å². The zero-order chi connectivity index (χ0) is 22.7. The quantitative estimate of drug-likeness (QED) is 0.302. The number of aromatic nitrogens is 2. The average molecular weight is 489 g/mol. The molecule has 7 nitrogen and oxygen atoms in total. The van der Waals surface area contributed by atoms with E-state index in [9.17, 15) is 9.59 Å². The van der Waals surface area contributed by atoms with Gasteiger partial charge in [-0.3, -0.25) is 19.3 Å². The van der Waals surface area contributed by atoms with Gasteiger partial charge in [0, 0.05) is 10.6 Å². The smallest absolute Gasteiger partial charge is 0.328 e. The first kappa shape index (κ1) is 22.1. The Bertz CT molecular complexity index is 1410. The van der Waals surface area contributed by atoms with Crippen LogP contribution in [0.25, 0.3) is 10.9 Å². The van der Waals surface area contributed by atoms with Crippen molar-refractivity contribution < 1.29 is 4.74 Å². The van der Waals surface area contributed by atoms with Crippen LogP contribution < -0.4 is 21.7 Å². The van der Waals surface area contributed by atoms with Gasteiger partial charge in [-0.2, -0.15) is 0 Å². The number of nitrogens with two attached hydrogens (primary N) is 1. The number of aromatic amines is 1. The summed E-state index contributed by atoms with van der Waals surface area (Å²) in [6.07, 6.45) is 0. The summed E-state index contributed by atoms with van der Waals surface area (Å²) in [6.45, 7) is 0.705. The summed E-state index contributed by atoms with van der Waals surface area (Å²) in [5.41, 5.74) is 6.13. The minimum atomic E-state index is -0.564. The maximum atomic E-state index is 12.4. The number of H-pyrrole nitrogens is 1. The summed E-state index contributed by atoms with van der Waals surface area (Å²) in [6, 6.07) is 14.3. The Labute approximate surface area is 196 Å². The van der Waals surface area contributed by atoms with Crippen LogP contribution in [0.3, 0.4) is 0 Å². The normalized spacial score (nSPS) is 11.8. The van der Waals surface area contributed by atoms with E-state index >= 15 is 0 Å². The molecule has 32 heavy (non-hydrogen) atoms. The first-order chi connectivity index (χ1) is 15.4. The van der Waals surface area contributed by atoms with E-state index in [-0.39, 0.29) is 23.6 Å². The summed E-state index contributed by atoms with van der Waals surface area (Å²) in [5, 5.41) is 2.65. The minimum absolute atomic E-state index is 0.173. The van der Waals surface area contributed by atoms with Crippen molar-refractivity contribution in [3.63, 3.8) is 0 Å². The number of aliphatic imine (C=N–C) groups is 1. The third-order valence-corrected chi connectivity index (χ3v) is 6.16. The van der Waals surface area contributed by atoms with Crippen molar-refractivity contribution in [1.82, 2.24) is 9.55 Å². The monoisotopic (exact) mass is 488 g/mol. The van der Waals surface area contributed by atoms with Gasteiger partial charge in [-0.25, -0.2) is 4.79 Å². The van der Waals surface area contributed by atoms with Gasteiger partial charge in [0.1, 0.15) is 18.2 Å². The van der Waals surface area contributed by atoms with E-state index in [1.807, 2.05) is 41.8 Å². The van der Waals surface area contributed by atoms with Gasteiger partial charge in [-0.05, 0) is 29.6 Å². The number of halogens is 2. The summed E-state index contributed by atoms with van der Waals surface area (Å²) < 4.78 is 7.31. The number of benzene rings is 2. The number of thiophene rings is 1. The van der Waals surface area contributed by atoms with Crippen LogP contribution in [0.5, 0.6) is 5.75 Å². The van der Waals surface area contributed by atoms with Crippen molar-refractivity contribution in [2.75, 3.05) is 6.61 Å². The van der Waals surface area contributed by atoms with Gasteiger partial charge in [0.05, 0.1) is 33.9 Å². The van der Waals surface area contributed by atoms with Crippen molar-refractivity contribution >= 4 is 51.3 Å². The van der Waals surface area contributed by atoms with E-state index in [0.29, 0.717) is 28.7 Å². The zero-order valence-corrected chi connectivity index (χ0v) is 19.0. The lowest BCUT2D eigenvalue weighted by Gasteiger charge is -2.13. The molecule has 4 aromatic rings. The van der Waals surface area contributed by atoms with E-state index in [1.54, 1.807) is 0 Å². The molecule has 2 aromatic carbocycles. The molecule has 2 heterocycles. The molecule has 10 heteroatoms. The maximum Gasteiger partial charge on any atom is 0.328 e. The number of para-hydroxylation sites is 1. The molecule has 0 saturated heterocycles. The van der Waals surface area contributed by atoms with Crippen molar-refractivity contribution in [2.24, 2.45) is 10.7 Å². The Morgan fingerprint density at radius 3 is 2.75 bits per heavy atom. The molecule has 2 aromatic heterocycles. The third kappa shape index (κ3) is 4.72. The van der Waals surface area contributed by atoms with Gasteiger partial charge >= 0.3 is 5.69 Å². The van der Waals surface area contributed by atoms with Crippen LogP contribution in [0, 0.1) is 0 Å². The number of rotatable bonds is 7. The molecule has 0 amide bonds. The fourth-order valence-corrected chi connectivity index (χ4v) is 4.47. The minimum Gasteiger partial charge on any atom is -0.491 e. The standard InChI is InChI=1S/C22H18Cl2N4O3S/c23-14-10-15(24)19-16(11-14)28(22(30)27-21(19)29)7-8-31-17-5-2-1-4-13(17)12-26-20(25)18-6-3-9-32-18/h1-6,9-11H,7-8,12H2,(H2,25,26)(H,27,29,30). The van der Waals surface area contributed by atoms with E-state index in [1.165, 1.54) is 28.0 Å². The highest BCUT2D eigenvalue weighted by atomic mass is 35.5. The van der Waals surface area contributed by atoms with Crippen LogP contribution in [0.15, 0.2) is 68.5 Å². The second kappa shape index (κ2) is 9.60. The molecule has 0 spiro atoms. The Morgan fingerprint density at radius 2 is 1.97 bits per heavy atom. The summed E-state index contributed by atoms with van der Waals surface area (Å²) in [7, 11) is 0. The Hall–Kier alpha value is -3.07. The lowest BCUT2D eigenvalue weighted by molar-refractivity contribution is 0.295. The highest BCUT2D eigenvalue weighted by Gasteiger charge is 2.12. The number of hydrogen-bond donors (Lipinski definition) is 2. The fourth-order valence-electron chi connectivity index (χ4n) is 3.25. The molecule has 0 bridgehead atoms. The first-order valence-corrected chi connectivity index (χ1v) is 11.2. The van der Waals surface area contributed by atoms with Crippen molar-refractivity contribution in [1.29, 1.82) is 0 Å². The zero-order valence-electron chi connectivity index (χ0n) is 16.7.